The van der Waals surface area contributed by atoms with Crippen molar-refractivity contribution < 1.29 is 0 Å². The molecule has 2 N–H and O–H groups in total. The van der Waals surface area contributed by atoms with Crippen LogP contribution >= 0.6 is 11.6 Å². The van der Waals surface area contributed by atoms with Gasteiger partial charge in [-0.25, -0.2) is 0 Å². The van der Waals surface area contributed by atoms with Gasteiger partial charge in [0.1, 0.15) is 11.4 Å². The van der Waals surface area contributed by atoms with Gasteiger partial charge in [-0.2, -0.15) is 0 Å². The first-order valence-corrected chi connectivity index (χ1v) is 7.58. The minimum atomic E-state index is -0.544. The van der Waals surface area contributed by atoms with Crippen molar-refractivity contribution >= 4 is 34.9 Å². The highest BCUT2D eigenvalue weighted by molar-refractivity contribution is 6.33. The minimum Gasteiger partial charge on any atom is -0.379 e. The predicted octanol–water partition coefficient (Wildman–Crippen LogP) is 2.98. The lowest BCUT2D eigenvalue weighted by atomic mass is 10.1. The van der Waals surface area contributed by atoms with Crippen LogP contribution in [0, 0.1) is 5.92 Å². The van der Waals surface area contributed by atoms with Gasteiger partial charge in [0.25, 0.3) is 10.9 Å². The summed E-state index contributed by atoms with van der Waals surface area (Å²) in [6, 6.07) is 7.04. The van der Waals surface area contributed by atoms with E-state index in [0.29, 0.717) is 17.3 Å². The van der Waals surface area contributed by atoms with Crippen LogP contribution in [0.25, 0.3) is 0 Å². The molecule has 0 aromatic heterocycles. The number of halogens is 1. The molecule has 5 nitrogen and oxygen atoms in total. The van der Waals surface area contributed by atoms with Crippen LogP contribution in [0.2, 0.25) is 5.02 Å². The summed E-state index contributed by atoms with van der Waals surface area (Å²) in [6.45, 7) is 4.26. The maximum Gasteiger partial charge on any atom is 0.253 e. The smallest absolute Gasteiger partial charge is 0.253 e. The molecule has 0 aliphatic rings. The molecule has 0 fully saturated rings. The van der Waals surface area contributed by atoms with Gasteiger partial charge in [-0.1, -0.05) is 29.8 Å². The molecule has 0 amide bonds. The van der Waals surface area contributed by atoms with Crippen LogP contribution in [0.1, 0.15) is 6.42 Å². The van der Waals surface area contributed by atoms with E-state index in [2.05, 4.69) is 22.2 Å². The van der Waals surface area contributed by atoms with E-state index in [1.807, 2.05) is 0 Å². The molecule has 1 atom stereocenters. The molecule has 0 saturated heterocycles. The molecule has 0 spiro atoms. The lowest BCUT2D eigenvalue weighted by Crippen LogP contribution is -2.37. The van der Waals surface area contributed by atoms with Crippen LogP contribution in [0.3, 0.4) is 0 Å². The van der Waals surface area contributed by atoms with Crippen LogP contribution in [-0.2, 0) is 0 Å². The number of rotatable bonds is 8. The standard InChI is InChI=1S/C17H18ClN3O2/c1-3-11(8-9-19-2)10-20-14-15(17(23)16(14)22)21-13-7-5-4-6-12(13)18/h3-7,9,11,20-21H,1,8,10H2,2H3. The molecule has 0 aliphatic heterocycles. The van der Waals surface area contributed by atoms with Crippen molar-refractivity contribution in [3.05, 3.63) is 62.4 Å². The summed E-state index contributed by atoms with van der Waals surface area (Å²) in [7, 11) is 1.70. The zero-order valence-corrected chi connectivity index (χ0v) is 13.6. The van der Waals surface area contributed by atoms with Crippen molar-refractivity contribution in [2.45, 2.75) is 6.42 Å². The molecule has 2 rings (SSSR count). The SMILES string of the molecule is C=CC(CC=NC)CNc1c(Nc2ccccc2Cl)c(=O)c1=O. The van der Waals surface area contributed by atoms with Crippen molar-refractivity contribution in [3.63, 3.8) is 0 Å². The van der Waals surface area contributed by atoms with Crippen LogP contribution < -0.4 is 21.5 Å². The molecular weight excluding hydrogens is 314 g/mol. The van der Waals surface area contributed by atoms with Gasteiger partial charge < -0.3 is 15.6 Å². The highest BCUT2D eigenvalue weighted by Gasteiger charge is 2.21. The van der Waals surface area contributed by atoms with Gasteiger partial charge in [0.15, 0.2) is 0 Å². The number of anilines is 3. The van der Waals surface area contributed by atoms with Crippen LogP contribution in [0.4, 0.5) is 17.1 Å². The Morgan fingerprint density at radius 3 is 2.61 bits per heavy atom. The zero-order valence-electron chi connectivity index (χ0n) is 12.8. The zero-order chi connectivity index (χ0) is 16.8. The normalized spacial score (nSPS) is 12.4. The van der Waals surface area contributed by atoms with Gasteiger partial charge in [0.05, 0.1) is 10.7 Å². The van der Waals surface area contributed by atoms with Crippen molar-refractivity contribution in [1.82, 2.24) is 0 Å². The summed E-state index contributed by atoms with van der Waals surface area (Å²) in [5.74, 6) is 0.122. The number of nitrogens with zero attached hydrogens (tertiary/aromatic N) is 1. The Labute approximate surface area is 139 Å². The van der Waals surface area contributed by atoms with Gasteiger partial charge in [-0.15, -0.1) is 6.58 Å². The lowest BCUT2D eigenvalue weighted by molar-refractivity contribution is 0.726. The average Bonchev–Trinajstić information content (AvgIpc) is 2.57. The third kappa shape index (κ3) is 3.87. The van der Waals surface area contributed by atoms with Gasteiger partial charge in [-0.3, -0.25) is 9.59 Å². The van der Waals surface area contributed by atoms with Crippen LogP contribution in [0.5, 0.6) is 0 Å². The first-order valence-electron chi connectivity index (χ1n) is 7.20. The van der Waals surface area contributed by atoms with E-state index in [1.165, 1.54) is 0 Å². The van der Waals surface area contributed by atoms with Crippen molar-refractivity contribution in [3.8, 4) is 0 Å². The fourth-order valence-corrected chi connectivity index (χ4v) is 2.30. The molecule has 0 aliphatic carbocycles. The number of benzene rings is 1. The highest BCUT2D eigenvalue weighted by atomic mass is 35.5. The summed E-state index contributed by atoms with van der Waals surface area (Å²) >= 11 is 6.06. The molecule has 23 heavy (non-hydrogen) atoms. The molecule has 2 aromatic carbocycles. The topological polar surface area (TPSA) is 70.6 Å². The first-order chi connectivity index (χ1) is 11.1. The van der Waals surface area contributed by atoms with E-state index in [9.17, 15) is 9.59 Å². The summed E-state index contributed by atoms with van der Waals surface area (Å²) in [6.07, 6.45) is 4.30. The first kappa shape index (κ1) is 17.0. The second kappa shape index (κ2) is 7.74. The van der Waals surface area contributed by atoms with Crippen molar-refractivity contribution in [2.24, 2.45) is 10.9 Å². The molecule has 0 radical (unpaired) electrons. The molecule has 0 heterocycles. The van der Waals surface area contributed by atoms with Gasteiger partial charge in [0.2, 0.25) is 0 Å². The number of aliphatic imine (C=N–C) groups is 1. The van der Waals surface area contributed by atoms with Gasteiger partial charge in [-0.05, 0) is 30.7 Å². The van der Waals surface area contributed by atoms with Crippen molar-refractivity contribution in [2.75, 3.05) is 24.2 Å². The maximum atomic E-state index is 11.8. The molecule has 0 saturated carbocycles. The third-order valence-corrected chi connectivity index (χ3v) is 3.84. The summed E-state index contributed by atoms with van der Waals surface area (Å²) in [5, 5.41) is 6.43. The van der Waals surface area contributed by atoms with E-state index < -0.39 is 10.9 Å². The Bertz CT molecular complexity index is 791. The largest absolute Gasteiger partial charge is 0.379 e. The van der Waals surface area contributed by atoms with Gasteiger partial charge in [0, 0.05) is 13.6 Å². The number of hydrogen-bond donors (Lipinski definition) is 2. The molecule has 120 valence electrons. The Morgan fingerprint density at radius 2 is 1.96 bits per heavy atom. The fraction of sp³-hybridized carbons (Fsp3) is 0.235. The second-order valence-corrected chi connectivity index (χ2v) is 5.47. The Hall–Kier alpha value is -2.40. The predicted molar refractivity (Wildman–Crippen MR) is 97.3 cm³/mol. The van der Waals surface area contributed by atoms with E-state index >= 15 is 0 Å². The van der Waals surface area contributed by atoms with Crippen LogP contribution in [-0.4, -0.2) is 19.8 Å². The van der Waals surface area contributed by atoms with E-state index in [1.54, 1.807) is 43.6 Å². The summed E-state index contributed by atoms with van der Waals surface area (Å²) in [4.78, 5) is 27.5. The second-order valence-electron chi connectivity index (χ2n) is 5.07. The number of para-hydroxylation sites is 1. The quantitative estimate of drug-likeness (QED) is 0.443. The van der Waals surface area contributed by atoms with Crippen LogP contribution in [0.15, 0.2) is 51.5 Å². The van der Waals surface area contributed by atoms with Gasteiger partial charge >= 0.3 is 0 Å². The molecule has 0 bridgehead atoms. The Kier molecular flexibility index (Phi) is 5.71. The number of hydrogen-bond acceptors (Lipinski definition) is 5. The average molecular weight is 332 g/mol. The van der Waals surface area contributed by atoms with E-state index in [0.717, 1.165) is 6.42 Å². The maximum absolute atomic E-state index is 11.8. The summed E-state index contributed by atoms with van der Waals surface area (Å²) in [5.41, 5.74) is 0.0530. The molecule has 1 unspecified atom stereocenters. The molecule has 2 aromatic rings. The number of nitrogens with one attached hydrogen (secondary N) is 2. The monoisotopic (exact) mass is 331 g/mol. The Morgan fingerprint density at radius 1 is 1.26 bits per heavy atom. The minimum absolute atomic E-state index is 0.122. The van der Waals surface area contributed by atoms with E-state index in [4.69, 9.17) is 11.6 Å². The summed E-state index contributed by atoms with van der Waals surface area (Å²) < 4.78 is 0. The van der Waals surface area contributed by atoms with E-state index in [-0.39, 0.29) is 17.3 Å². The fourth-order valence-electron chi connectivity index (χ4n) is 2.11. The molecular formula is C17H18ClN3O2. The van der Waals surface area contributed by atoms with Crippen molar-refractivity contribution in [1.29, 1.82) is 0 Å². The molecule has 6 heteroatoms. The third-order valence-electron chi connectivity index (χ3n) is 3.51. The lowest BCUT2D eigenvalue weighted by Gasteiger charge is -2.17. The Balaban J connectivity index is 2.11. The highest BCUT2D eigenvalue weighted by Crippen LogP contribution is 2.26.